The van der Waals surface area contributed by atoms with Gasteiger partial charge in [0.25, 0.3) is 0 Å². The van der Waals surface area contributed by atoms with Gasteiger partial charge in [-0.1, -0.05) is 23.7 Å². The zero-order valence-electron chi connectivity index (χ0n) is 14.1. The smallest absolute Gasteiger partial charge is 0.410 e. The summed E-state index contributed by atoms with van der Waals surface area (Å²) < 4.78 is 5.31. The van der Waals surface area contributed by atoms with Crippen molar-refractivity contribution in [2.75, 3.05) is 20.1 Å². The van der Waals surface area contributed by atoms with Crippen LogP contribution in [0, 0.1) is 0 Å². The van der Waals surface area contributed by atoms with Crippen LogP contribution in [0.5, 0.6) is 0 Å². The first kappa shape index (κ1) is 18.8. The van der Waals surface area contributed by atoms with Gasteiger partial charge in [0.1, 0.15) is 5.60 Å². The van der Waals surface area contributed by atoms with E-state index >= 15 is 0 Å². The van der Waals surface area contributed by atoms with Crippen molar-refractivity contribution >= 4 is 17.7 Å². The number of benzene rings is 1. The molecule has 0 aromatic heterocycles. The number of halogens is 1. The molecule has 5 heteroatoms. The number of carbonyl (C=O) groups is 1. The standard InChI is InChI=1S/C17H27ClN2O2/c1-13(12-14-6-8-15(18)9-7-14)19-10-11-20(5)16(21)22-17(2,3)4/h6-9,13,19H,10-12H2,1-5H3. The van der Waals surface area contributed by atoms with Gasteiger partial charge < -0.3 is 15.0 Å². The van der Waals surface area contributed by atoms with Gasteiger partial charge in [0.15, 0.2) is 0 Å². The lowest BCUT2D eigenvalue weighted by Gasteiger charge is -2.25. The predicted molar refractivity (Wildman–Crippen MR) is 91.5 cm³/mol. The third kappa shape index (κ3) is 7.66. The van der Waals surface area contributed by atoms with Gasteiger partial charge in [0, 0.05) is 31.2 Å². The number of hydrogen-bond donors (Lipinski definition) is 1. The van der Waals surface area contributed by atoms with Gasteiger partial charge in [-0.2, -0.15) is 0 Å². The van der Waals surface area contributed by atoms with E-state index in [1.54, 1.807) is 11.9 Å². The molecule has 22 heavy (non-hydrogen) atoms. The minimum Gasteiger partial charge on any atom is -0.444 e. The maximum Gasteiger partial charge on any atom is 0.410 e. The number of likely N-dealkylation sites (N-methyl/N-ethyl adjacent to an activating group) is 1. The molecule has 124 valence electrons. The normalized spacial score (nSPS) is 12.8. The number of amides is 1. The Kier molecular flexibility index (Phi) is 7.17. The first-order valence-electron chi connectivity index (χ1n) is 7.59. The molecule has 0 heterocycles. The molecule has 1 unspecified atom stereocenters. The lowest BCUT2D eigenvalue weighted by molar-refractivity contribution is 0.0299. The van der Waals surface area contributed by atoms with Gasteiger partial charge in [-0.3, -0.25) is 0 Å². The second-order valence-corrected chi connectivity index (χ2v) is 7.02. The van der Waals surface area contributed by atoms with E-state index in [4.69, 9.17) is 16.3 Å². The predicted octanol–water partition coefficient (Wildman–Crippen LogP) is 3.73. The lowest BCUT2D eigenvalue weighted by Crippen LogP contribution is -2.40. The summed E-state index contributed by atoms with van der Waals surface area (Å²) in [7, 11) is 1.75. The molecule has 4 nitrogen and oxygen atoms in total. The number of carbonyl (C=O) groups excluding carboxylic acids is 1. The van der Waals surface area contributed by atoms with Crippen LogP contribution < -0.4 is 5.32 Å². The highest BCUT2D eigenvalue weighted by Crippen LogP contribution is 2.11. The molecule has 0 aliphatic rings. The Labute approximate surface area is 138 Å². The van der Waals surface area contributed by atoms with Crippen LogP contribution in [0.4, 0.5) is 4.79 Å². The average Bonchev–Trinajstić information content (AvgIpc) is 2.39. The highest BCUT2D eigenvalue weighted by Gasteiger charge is 2.19. The largest absolute Gasteiger partial charge is 0.444 e. The van der Waals surface area contributed by atoms with Crippen molar-refractivity contribution in [3.63, 3.8) is 0 Å². The Balaban J connectivity index is 2.28. The summed E-state index contributed by atoms with van der Waals surface area (Å²) >= 11 is 5.88. The van der Waals surface area contributed by atoms with Gasteiger partial charge in [0.2, 0.25) is 0 Å². The lowest BCUT2D eigenvalue weighted by atomic mass is 10.1. The second kappa shape index (κ2) is 8.39. The van der Waals surface area contributed by atoms with Crippen molar-refractivity contribution in [2.24, 2.45) is 0 Å². The first-order valence-corrected chi connectivity index (χ1v) is 7.97. The number of nitrogens with one attached hydrogen (secondary N) is 1. The van der Waals surface area contributed by atoms with Gasteiger partial charge in [-0.15, -0.1) is 0 Å². The molecule has 0 fully saturated rings. The molecule has 1 aromatic carbocycles. The van der Waals surface area contributed by atoms with Crippen LogP contribution in [0.2, 0.25) is 5.02 Å². The number of hydrogen-bond acceptors (Lipinski definition) is 3. The Bertz CT molecular complexity index is 469. The fourth-order valence-electron chi connectivity index (χ4n) is 1.96. The molecule has 0 aliphatic carbocycles. The quantitative estimate of drug-likeness (QED) is 0.866. The number of nitrogens with zero attached hydrogens (tertiary/aromatic N) is 1. The van der Waals surface area contributed by atoms with Gasteiger partial charge >= 0.3 is 6.09 Å². The van der Waals surface area contributed by atoms with Crippen molar-refractivity contribution in [1.29, 1.82) is 0 Å². The number of ether oxygens (including phenoxy) is 1. The topological polar surface area (TPSA) is 41.6 Å². The molecule has 0 saturated carbocycles. The molecule has 0 saturated heterocycles. The SMILES string of the molecule is CC(Cc1ccc(Cl)cc1)NCCN(C)C(=O)OC(C)(C)C. The van der Waals surface area contributed by atoms with Crippen LogP contribution in [0.1, 0.15) is 33.3 Å². The summed E-state index contributed by atoms with van der Waals surface area (Å²) in [6.07, 6.45) is 0.632. The van der Waals surface area contributed by atoms with E-state index in [0.29, 0.717) is 12.6 Å². The fourth-order valence-corrected chi connectivity index (χ4v) is 2.08. The summed E-state index contributed by atoms with van der Waals surface area (Å²) in [6, 6.07) is 8.20. The van der Waals surface area contributed by atoms with E-state index in [1.165, 1.54) is 5.56 Å². The Hall–Kier alpha value is -1.26. The number of rotatable bonds is 6. The summed E-state index contributed by atoms with van der Waals surface area (Å²) in [6.45, 7) is 9.06. The van der Waals surface area contributed by atoms with Gasteiger partial charge in [-0.05, 0) is 51.8 Å². The van der Waals surface area contributed by atoms with E-state index in [9.17, 15) is 4.79 Å². The first-order chi connectivity index (χ1) is 10.2. The highest BCUT2D eigenvalue weighted by molar-refractivity contribution is 6.30. The molecule has 1 atom stereocenters. The van der Waals surface area contributed by atoms with E-state index in [-0.39, 0.29) is 6.09 Å². The Morgan fingerprint density at radius 1 is 1.32 bits per heavy atom. The van der Waals surface area contributed by atoms with Crippen molar-refractivity contribution < 1.29 is 9.53 Å². The summed E-state index contributed by atoms with van der Waals surface area (Å²) in [4.78, 5) is 13.4. The van der Waals surface area contributed by atoms with Crippen LogP contribution in [-0.4, -0.2) is 42.8 Å². The van der Waals surface area contributed by atoms with Crippen LogP contribution in [0.15, 0.2) is 24.3 Å². The molecule has 1 N–H and O–H groups in total. The van der Waals surface area contributed by atoms with Crippen LogP contribution in [0.25, 0.3) is 0 Å². The molecule has 0 radical (unpaired) electrons. The molecular formula is C17H27ClN2O2. The van der Waals surface area contributed by atoms with Crippen LogP contribution in [-0.2, 0) is 11.2 Å². The van der Waals surface area contributed by atoms with E-state index in [0.717, 1.165) is 18.0 Å². The van der Waals surface area contributed by atoms with Crippen molar-refractivity contribution in [2.45, 2.75) is 45.8 Å². The molecule has 0 spiro atoms. The van der Waals surface area contributed by atoms with Gasteiger partial charge in [0.05, 0.1) is 0 Å². The molecule has 0 aliphatic heterocycles. The third-order valence-corrected chi connectivity index (χ3v) is 3.35. The zero-order chi connectivity index (χ0) is 16.8. The maximum atomic E-state index is 11.8. The van der Waals surface area contributed by atoms with E-state index in [2.05, 4.69) is 12.2 Å². The van der Waals surface area contributed by atoms with Crippen LogP contribution in [0.3, 0.4) is 0 Å². The summed E-state index contributed by atoms with van der Waals surface area (Å²) in [5.41, 5.74) is 0.783. The van der Waals surface area contributed by atoms with Crippen LogP contribution >= 0.6 is 11.6 Å². The van der Waals surface area contributed by atoms with E-state index < -0.39 is 5.60 Å². The third-order valence-electron chi connectivity index (χ3n) is 3.10. The minimum absolute atomic E-state index is 0.292. The minimum atomic E-state index is -0.458. The molecular weight excluding hydrogens is 300 g/mol. The van der Waals surface area contributed by atoms with E-state index in [1.807, 2.05) is 45.0 Å². The second-order valence-electron chi connectivity index (χ2n) is 6.59. The van der Waals surface area contributed by atoms with Crippen molar-refractivity contribution in [3.8, 4) is 0 Å². The monoisotopic (exact) mass is 326 g/mol. The van der Waals surface area contributed by atoms with Gasteiger partial charge in [-0.25, -0.2) is 4.79 Å². The Morgan fingerprint density at radius 2 is 1.91 bits per heavy atom. The fraction of sp³-hybridized carbons (Fsp3) is 0.588. The average molecular weight is 327 g/mol. The molecule has 0 bridgehead atoms. The molecule has 1 amide bonds. The highest BCUT2D eigenvalue weighted by atomic mass is 35.5. The summed E-state index contributed by atoms with van der Waals surface area (Å²) in [5.74, 6) is 0. The maximum absolute atomic E-state index is 11.8. The Morgan fingerprint density at radius 3 is 2.45 bits per heavy atom. The van der Waals surface area contributed by atoms with Crippen molar-refractivity contribution in [1.82, 2.24) is 10.2 Å². The summed E-state index contributed by atoms with van der Waals surface area (Å²) in [5, 5.41) is 4.16. The molecule has 1 rings (SSSR count). The molecule has 1 aromatic rings. The zero-order valence-corrected chi connectivity index (χ0v) is 14.9. The van der Waals surface area contributed by atoms with Crippen molar-refractivity contribution in [3.05, 3.63) is 34.9 Å².